The molecule has 7 heteroatoms. The quantitative estimate of drug-likeness (QED) is 0.642. The molecular weight excluding hydrogens is 352 g/mol. The van der Waals surface area contributed by atoms with Crippen LogP contribution in [0.3, 0.4) is 0 Å². The molecule has 26 heavy (non-hydrogen) atoms. The Balaban J connectivity index is 1.48. The summed E-state index contributed by atoms with van der Waals surface area (Å²) in [6, 6.07) is 8.80. The Morgan fingerprint density at radius 2 is 2.08 bits per heavy atom. The topological polar surface area (TPSA) is 75.7 Å². The minimum absolute atomic E-state index is 0.193. The van der Waals surface area contributed by atoms with E-state index in [9.17, 15) is 14.4 Å². The summed E-state index contributed by atoms with van der Waals surface area (Å²) in [6.45, 7) is 3.85. The molecule has 0 aromatic heterocycles. The molecule has 3 atom stereocenters. The van der Waals surface area contributed by atoms with Crippen LogP contribution in [0.5, 0.6) is 0 Å². The van der Waals surface area contributed by atoms with Crippen molar-refractivity contribution >= 4 is 29.5 Å². The maximum atomic E-state index is 12.6. The number of carbonyl (C=O) groups excluding carboxylic acids is 3. The van der Waals surface area contributed by atoms with Gasteiger partial charge < -0.3 is 10.1 Å². The van der Waals surface area contributed by atoms with E-state index in [-0.39, 0.29) is 23.6 Å². The third-order valence-electron chi connectivity index (χ3n) is 5.32. The summed E-state index contributed by atoms with van der Waals surface area (Å²) >= 11 is 1.57. The Bertz CT molecular complexity index is 822. The van der Waals surface area contributed by atoms with Crippen molar-refractivity contribution in [2.75, 3.05) is 5.75 Å². The molecule has 136 valence electrons. The molecule has 1 aromatic rings. The molecule has 1 aromatic carbocycles. The van der Waals surface area contributed by atoms with E-state index >= 15 is 0 Å². The number of ether oxygens (including phenoxy) is 1. The standard InChI is InChI=1S/C19H20N2O4S/c1-3-19(2)12-10-26-17-14(16(23)21(17)15(12)18(24)25-19)20-13(22)9-11-7-5-4-6-8-11/h4-8,14,17H,3,9-10H2,1-2H3,(H,20,22)/t14?,17-,19?/m0/s1. The van der Waals surface area contributed by atoms with E-state index in [0.717, 1.165) is 11.1 Å². The van der Waals surface area contributed by atoms with Crippen LogP contribution in [0, 0.1) is 0 Å². The van der Waals surface area contributed by atoms with Gasteiger partial charge >= 0.3 is 5.97 Å². The van der Waals surface area contributed by atoms with Crippen molar-refractivity contribution in [1.29, 1.82) is 0 Å². The van der Waals surface area contributed by atoms with Crippen LogP contribution in [-0.2, 0) is 25.5 Å². The molecule has 0 radical (unpaired) electrons. The van der Waals surface area contributed by atoms with Crippen LogP contribution in [-0.4, -0.2) is 45.5 Å². The Morgan fingerprint density at radius 1 is 1.35 bits per heavy atom. The molecule has 3 aliphatic rings. The summed E-state index contributed by atoms with van der Waals surface area (Å²) in [6.07, 6.45) is 0.897. The van der Waals surface area contributed by atoms with Crippen LogP contribution in [0.25, 0.3) is 0 Å². The van der Waals surface area contributed by atoms with E-state index in [0.29, 0.717) is 17.9 Å². The van der Waals surface area contributed by atoms with E-state index in [1.807, 2.05) is 44.2 Å². The van der Waals surface area contributed by atoms with Gasteiger partial charge in [0, 0.05) is 11.3 Å². The molecule has 3 aliphatic heterocycles. The minimum atomic E-state index is -0.633. The summed E-state index contributed by atoms with van der Waals surface area (Å²) in [5, 5.41) is 2.57. The zero-order valence-electron chi connectivity index (χ0n) is 14.7. The van der Waals surface area contributed by atoms with Crippen LogP contribution in [0.1, 0.15) is 25.8 Å². The van der Waals surface area contributed by atoms with Gasteiger partial charge in [0.05, 0.1) is 6.42 Å². The number of carbonyl (C=O) groups is 3. The predicted molar refractivity (Wildman–Crippen MR) is 97.0 cm³/mol. The maximum Gasteiger partial charge on any atom is 0.356 e. The number of β-lactam (4-membered cyclic amide) rings is 1. The van der Waals surface area contributed by atoms with Crippen LogP contribution in [0.4, 0.5) is 0 Å². The highest BCUT2D eigenvalue weighted by molar-refractivity contribution is 8.00. The third kappa shape index (κ3) is 2.53. The minimum Gasteiger partial charge on any atom is -0.450 e. The van der Waals surface area contributed by atoms with Gasteiger partial charge in [-0.2, -0.15) is 0 Å². The molecular formula is C19H20N2O4S. The van der Waals surface area contributed by atoms with E-state index in [2.05, 4.69) is 5.32 Å². The molecule has 0 spiro atoms. The zero-order valence-corrected chi connectivity index (χ0v) is 15.5. The second-order valence-electron chi connectivity index (χ2n) is 6.92. The number of amides is 2. The van der Waals surface area contributed by atoms with Crippen LogP contribution >= 0.6 is 11.8 Å². The van der Waals surface area contributed by atoms with Crippen molar-refractivity contribution in [3.05, 3.63) is 47.2 Å². The highest BCUT2D eigenvalue weighted by Crippen LogP contribution is 2.48. The molecule has 1 fully saturated rings. The molecule has 0 bridgehead atoms. The van der Waals surface area contributed by atoms with Crippen molar-refractivity contribution in [2.24, 2.45) is 0 Å². The Kier molecular flexibility index (Phi) is 4.06. The number of thioether (sulfide) groups is 1. The fourth-order valence-corrected chi connectivity index (χ4v) is 5.13. The average Bonchev–Trinajstić information content (AvgIpc) is 2.90. The maximum absolute atomic E-state index is 12.6. The van der Waals surface area contributed by atoms with Gasteiger partial charge in [0.2, 0.25) is 5.91 Å². The molecule has 2 unspecified atom stereocenters. The molecule has 1 N–H and O–H groups in total. The van der Waals surface area contributed by atoms with Crippen molar-refractivity contribution < 1.29 is 19.1 Å². The first-order valence-electron chi connectivity index (χ1n) is 8.69. The lowest BCUT2D eigenvalue weighted by atomic mass is 9.92. The number of nitrogens with zero attached hydrogens (tertiary/aromatic N) is 1. The fraction of sp³-hybridized carbons (Fsp3) is 0.421. The third-order valence-corrected chi connectivity index (χ3v) is 6.60. The number of benzene rings is 1. The number of rotatable bonds is 4. The number of fused-ring (bicyclic) bond motifs is 2. The summed E-state index contributed by atoms with van der Waals surface area (Å²) in [5.74, 6) is -0.238. The average molecular weight is 372 g/mol. The zero-order chi connectivity index (χ0) is 18.5. The first-order valence-corrected chi connectivity index (χ1v) is 9.74. The summed E-state index contributed by atoms with van der Waals surface area (Å²) in [7, 11) is 0. The van der Waals surface area contributed by atoms with Gasteiger partial charge in [-0.05, 0) is 18.9 Å². The number of hydrogen-bond acceptors (Lipinski definition) is 5. The molecule has 0 aliphatic carbocycles. The Morgan fingerprint density at radius 3 is 2.77 bits per heavy atom. The van der Waals surface area contributed by atoms with Gasteiger partial charge in [0.1, 0.15) is 22.7 Å². The largest absolute Gasteiger partial charge is 0.450 e. The number of esters is 1. The second kappa shape index (κ2) is 6.16. The van der Waals surface area contributed by atoms with Crippen LogP contribution in [0.2, 0.25) is 0 Å². The van der Waals surface area contributed by atoms with Crippen molar-refractivity contribution in [3.63, 3.8) is 0 Å². The van der Waals surface area contributed by atoms with E-state index in [1.54, 1.807) is 11.8 Å². The van der Waals surface area contributed by atoms with E-state index in [1.165, 1.54) is 4.90 Å². The van der Waals surface area contributed by atoms with Crippen molar-refractivity contribution in [3.8, 4) is 0 Å². The highest BCUT2D eigenvalue weighted by Gasteiger charge is 2.59. The lowest BCUT2D eigenvalue weighted by Crippen LogP contribution is -2.70. The number of nitrogens with one attached hydrogen (secondary N) is 1. The molecule has 0 saturated carbocycles. The normalized spacial score (nSPS) is 29.7. The number of cyclic esters (lactones) is 1. The molecule has 6 nitrogen and oxygen atoms in total. The molecule has 2 amide bonds. The van der Waals surface area contributed by atoms with Gasteiger partial charge in [-0.15, -0.1) is 11.8 Å². The first kappa shape index (κ1) is 17.1. The van der Waals surface area contributed by atoms with Gasteiger partial charge in [0.15, 0.2) is 0 Å². The SMILES string of the molecule is CCC1(C)OC(=O)C2=C1CS[C@H]1C(NC(=O)Cc3ccccc3)C(=O)N21. The summed E-state index contributed by atoms with van der Waals surface area (Å²) in [4.78, 5) is 38.7. The fourth-order valence-electron chi connectivity index (χ4n) is 3.62. The lowest BCUT2D eigenvalue weighted by Gasteiger charge is -2.48. The Labute approximate surface area is 155 Å². The van der Waals surface area contributed by atoms with Crippen molar-refractivity contribution in [2.45, 2.75) is 43.7 Å². The van der Waals surface area contributed by atoms with Gasteiger partial charge in [0.25, 0.3) is 5.91 Å². The summed E-state index contributed by atoms with van der Waals surface area (Å²) < 4.78 is 5.53. The molecule has 3 heterocycles. The van der Waals surface area contributed by atoms with Gasteiger partial charge in [-0.3, -0.25) is 14.5 Å². The lowest BCUT2D eigenvalue weighted by molar-refractivity contribution is -0.154. The van der Waals surface area contributed by atoms with Gasteiger partial charge in [-0.1, -0.05) is 37.3 Å². The Hall–Kier alpha value is -2.28. The molecule has 4 rings (SSSR count). The van der Waals surface area contributed by atoms with Crippen molar-refractivity contribution in [1.82, 2.24) is 10.2 Å². The monoisotopic (exact) mass is 372 g/mol. The molecule has 1 saturated heterocycles. The highest BCUT2D eigenvalue weighted by atomic mass is 32.2. The van der Waals surface area contributed by atoms with E-state index in [4.69, 9.17) is 4.74 Å². The van der Waals surface area contributed by atoms with Crippen LogP contribution < -0.4 is 5.32 Å². The summed E-state index contributed by atoms with van der Waals surface area (Å²) in [5.41, 5.74) is 1.53. The van der Waals surface area contributed by atoms with E-state index < -0.39 is 17.6 Å². The smallest absolute Gasteiger partial charge is 0.356 e. The number of hydrogen-bond donors (Lipinski definition) is 1. The van der Waals surface area contributed by atoms with Crippen LogP contribution in [0.15, 0.2) is 41.6 Å². The first-order chi connectivity index (χ1) is 12.4. The second-order valence-corrected chi connectivity index (χ2v) is 8.02. The predicted octanol–water partition coefficient (Wildman–Crippen LogP) is 1.61. The van der Waals surface area contributed by atoms with Gasteiger partial charge in [-0.25, -0.2) is 4.79 Å².